The molecule has 2 N–H and O–H groups in total. The van der Waals surface area contributed by atoms with Crippen LogP contribution >= 0.6 is 0 Å². The molecule has 0 bridgehead atoms. The lowest BCUT2D eigenvalue weighted by Crippen LogP contribution is -2.35. The van der Waals surface area contributed by atoms with E-state index in [4.69, 9.17) is 10.5 Å². The van der Waals surface area contributed by atoms with Gasteiger partial charge in [-0.25, -0.2) is 0 Å². The van der Waals surface area contributed by atoms with Crippen LogP contribution in [0.3, 0.4) is 0 Å². The second-order valence-corrected chi connectivity index (χ2v) is 6.09. The number of methoxy groups -OCH3 is 1. The number of ether oxygens (including phenoxy) is 1. The molecule has 2 rings (SSSR count). The number of hydrogen-bond acceptors (Lipinski definition) is 2. The number of rotatable bonds is 3. The summed E-state index contributed by atoms with van der Waals surface area (Å²) < 4.78 is 5.64. The van der Waals surface area contributed by atoms with Crippen molar-refractivity contribution < 1.29 is 4.74 Å². The number of aryl methyl sites for hydroxylation is 3. The Balaban J connectivity index is 2.63. The molecule has 0 heterocycles. The van der Waals surface area contributed by atoms with Crippen LogP contribution in [-0.4, -0.2) is 7.11 Å². The van der Waals surface area contributed by atoms with E-state index in [1.165, 1.54) is 16.7 Å². The molecular weight excluding hydrogens is 258 g/mol. The average Bonchev–Trinajstić information content (AvgIpc) is 2.44. The Morgan fingerprint density at radius 3 is 2.10 bits per heavy atom. The molecule has 0 radical (unpaired) electrons. The van der Waals surface area contributed by atoms with Crippen molar-refractivity contribution >= 4 is 0 Å². The summed E-state index contributed by atoms with van der Waals surface area (Å²) in [5.41, 5.74) is 13.1. The van der Waals surface area contributed by atoms with Crippen LogP contribution in [0.15, 0.2) is 30.3 Å². The summed E-state index contributed by atoms with van der Waals surface area (Å²) in [6.45, 7) is 10.4. The van der Waals surface area contributed by atoms with Gasteiger partial charge in [0.15, 0.2) is 0 Å². The van der Waals surface area contributed by atoms with E-state index in [2.05, 4.69) is 58.0 Å². The fraction of sp³-hybridized carbons (Fsp3) is 0.368. The Morgan fingerprint density at radius 1 is 0.905 bits per heavy atom. The first-order chi connectivity index (χ1) is 9.78. The van der Waals surface area contributed by atoms with Crippen molar-refractivity contribution in [2.24, 2.45) is 5.73 Å². The fourth-order valence-corrected chi connectivity index (χ4v) is 2.68. The molecule has 1 atom stereocenters. The van der Waals surface area contributed by atoms with Crippen molar-refractivity contribution in [2.45, 2.75) is 40.2 Å². The molecule has 0 saturated heterocycles. The monoisotopic (exact) mass is 283 g/mol. The molecule has 0 aliphatic carbocycles. The molecule has 2 nitrogen and oxygen atoms in total. The summed E-state index contributed by atoms with van der Waals surface area (Å²) in [6.07, 6.45) is 0. The molecule has 2 heteroatoms. The average molecular weight is 283 g/mol. The van der Waals surface area contributed by atoms with Gasteiger partial charge in [-0.2, -0.15) is 0 Å². The third kappa shape index (κ3) is 2.68. The standard InChI is InChI=1S/C19H25NO/c1-12-7-9-16(11-14(12)3)19(5,20)17-10-8-13(2)15(4)18(17)21-6/h7-11H,20H2,1-6H3. The molecule has 112 valence electrons. The second kappa shape index (κ2) is 5.53. The van der Waals surface area contributed by atoms with Gasteiger partial charge in [0.2, 0.25) is 0 Å². The van der Waals surface area contributed by atoms with Crippen molar-refractivity contribution in [2.75, 3.05) is 7.11 Å². The lowest BCUT2D eigenvalue weighted by Gasteiger charge is -2.29. The summed E-state index contributed by atoms with van der Waals surface area (Å²) in [4.78, 5) is 0. The van der Waals surface area contributed by atoms with Crippen LogP contribution in [0.4, 0.5) is 0 Å². The maximum atomic E-state index is 6.69. The molecule has 0 aliphatic rings. The van der Waals surface area contributed by atoms with Gasteiger partial charge in [0.25, 0.3) is 0 Å². The van der Waals surface area contributed by atoms with Crippen LogP contribution in [0.25, 0.3) is 0 Å². The van der Waals surface area contributed by atoms with Gasteiger partial charge in [-0.05, 0) is 62.4 Å². The van der Waals surface area contributed by atoms with Crippen molar-refractivity contribution in [3.8, 4) is 5.75 Å². The van der Waals surface area contributed by atoms with Gasteiger partial charge < -0.3 is 10.5 Å². The maximum Gasteiger partial charge on any atom is 0.127 e. The number of nitrogens with two attached hydrogens (primary N) is 1. The number of benzene rings is 2. The minimum Gasteiger partial charge on any atom is -0.496 e. The van der Waals surface area contributed by atoms with E-state index in [1.807, 2.05) is 6.92 Å². The zero-order chi connectivity index (χ0) is 15.8. The molecule has 0 fully saturated rings. The molecule has 0 spiro atoms. The van der Waals surface area contributed by atoms with E-state index in [1.54, 1.807) is 7.11 Å². The zero-order valence-electron chi connectivity index (χ0n) is 13.9. The van der Waals surface area contributed by atoms with Crippen molar-refractivity contribution in [3.05, 3.63) is 63.7 Å². The van der Waals surface area contributed by atoms with E-state index >= 15 is 0 Å². The van der Waals surface area contributed by atoms with E-state index in [0.717, 1.165) is 22.4 Å². The van der Waals surface area contributed by atoms with Gasteiger partial charge in [-0.15, -0.1) is 0 Å². The Labute approximate surface area is 127 Å². The van der Waals surface area contributed by atoms with Crippen LogP contribution in [-0.2, 0) is 5.54 Å². The Bertz CT molecular complexity index is 672. The summed E-state index contributed by atoms with van der Waals surface area (Å²) in [6, 6.07) is 10.6. The van der Waals surface area contributed by atoms with E-state index < -0.39 is 5.54 Å². The third-order valence-electron chi connectivity index (χ3n) is 4.55. The maximum absolute atomic E-state index is 6.69. The van der Waals surface area contributed by atoms with Gasteiger partial charge in [0.1, 0.15) is 5.75 Å². The topological polar surface area (TPSA) is 35.2 Å². The molecule has 0 aliphatic heterocycles. The first-order valence-electron chi connectivity index (χ1n) is 7.30. The van der Waals surface area contributed by atoms with Gasteiger partial charge in [0.05, 0.1) is 12.6 Å². The molecule has 2 aromatic carbocycles. The van der Waals surface area contributed by atoms with E-state index in [-0.39, 0.29) is 0 Å². The molecule has 1 unspecified atom stereocenters. The predicted octanol–water partition coefficient (Wildman–Crippen LogP) is 4.15. The third-order valence-corrected chi connectivity index (χ3v) is 4.55. The van der Waals surface area contributed by atoms with Gasteiger partial charge in [-0.1, -0.05) is 30.3 Å². The van der Waals surface area contributed by atoms with Crippen molar-refractivity contribution in [1.29, 1.82) is 0 Å². The summed E-state index contributed by atoms with van der Waals surface area (Å²) in [5.74, 6) is 0.887. The highest BCUT2D eigenvalue weighted by Gasteiger charge is 2.28. The van der Waals surface area contributed by atoms with Gasteiger partial charge in [-0.3, -0.25) is 0 Å². The minimum absolute atomic E-state index is 0.581. The Morgan fingerprint density at radius 2 is 1.52 bits per heavy atom. The first-order valence-corrected chi connectivity index (χ1v) is 7.30. The quantitative estimate of drug-likeness (QED) is 0.918. The van der Waals surface area contributed by atoms with Crippen LogP contribution in [0.1, 0.15) is 40.3 Å². The van der Waals surface area contributed by atoms with E-state index in [0.29, 0.717) is 0 Å². The Kier molecular flexibility index (Phi) is 4.11. The van der Waals surface area contributed by atoms with Gasteiger partial charge >= 0.3 is 0 Å². The SMILES string of the molecule is COc1c(C(C)(N)c2ccc(C)c(C)c2)ccc(C)c1C. The minimum atomic E-state index is -0.581. The second-order valence-electron chi connectivity index (χ2n) is 6.09. The molecule has 2 aromatic rings. The van der Waals surface area contributed by atoms with Crippen LogP contribution in [0.2, 0.25) is 0 Å². The lowest BCUT2D eigenvalue weighted by atomic mass is 9.82. The molecule has 21 heavy (non-hydrogen) atoms. The predicted molar refractivity (Wildman–Crippen MR) is 89.0 cm³/mol. The smallest absolute Gasteiger partial charge is 0.127 e. The molecule has 0 aromatic heterocycles. The Hall–Kier alpha value is -1.80. The lowest BCUT2D eigenvalue weighted by molar-refractivity contribution is 0.395. The molecular formula is C19H25NO. The van der Waals surface area contributed by atoms with Crippen LogP contribution in [0, 0.1) is 27.7 Å². The highest BCUT2D eigenvalue weighted by molar-refractivity contribution is 5.52. The summed E-state index contributed by atoms with van der Waals surface area (Å²) in [5, 5.41) is 0. The summed E-state index contributed by atoms with van der Waals surface area (Å²) in [7, 11) is 1.71. The van der Waals surface area contributed by atoms with Crippen LogP contribution < -0.4 is 10.5 Å². The highest BCUT2D eigenvalue weighted by Crippen LogP contribution is 2.37. The zero-order valence-corrected chi connectivity index (χ0v) is 13.9. The largest absolute Gasteiger partial charge is 0.496 e. The fourth-order valence-electron chi connectivity index (χ4n) is 2.68. The van der Waals surface area contributed by atoms with Gasteiger partial charge in [0, 0.05) is 5.56 Å². The van der Waals surface area contributed by atoms with Crippen LogP contribution in [0.5, 0.6) is 5.75 Å². The molecule has 0 saturated carbocycles. The summed E-state index contributed by atoms with van der Waals surface area (Å²) >= 11 is 0. The normalized spacial score (nSPS) is 13.9. The van der Waals surface area contributed by atoms with E-state index in [9.17, 15) is 0 Å². The highest BCUT2D eigenvalue weighted by atomic mass is 16.5. The molecule has 0 amide bonds. The van der Waals surface area contributed by atoms with Crippen molar-refractivity contribution in [3.63, 3.8) is 0 Å². The number of hydrogen-bond donors (Lipinski definition) is 1. The van der Waals surface area contributed by atoms with Crippen molar-refractivity contribution in [1.82, 2.24) is 0 Å². The first kappa shape index (κ1) is 15.6.